The van der Waals surface area contributed by atoms with Crippen molar-refractivity contribution in [3.05, 3.63) is 52.3 Å². The number of hydrogen-bond donors (Lipinski definition) is 1. The predicted octanol–water partition coefficient (Wildman–Crippen LogP) is 2.00. The van der Waals surface area contributed by atoms with Crippen LogP contribution in [0.5, 0.6) is 0 Å². The van der Waals surface area contributed by atoms with Gasteiger partial charge in [0.2, 0.25) is 0 Å². The summed E-state index contributed by atoms with van der Waals surface area (Å²) in [5.74, 6) is -0.0966. The van der Waals surface area contributed by atoms with E-state index >= 15 is 0 Å². The van der Waals surface area contributed by atoms with Gasteiger partial charge in [0.05, 0.1) is 11.7 Å². The van der Waals surface area contributed by atoms with Gasteiger partial charge in [-0.05, 0) is 31.7 Å². The second kappa shape index (κ2) is 6.78. The molecule has 0 saturated carbocycles. The number of rotatable bonds is 4. The topological polar surface area (TPSA) is 88.3 Å². The lowest BCUT2D eigenvalue weighted by Crippen LogP contribution is -2.39. The van der Waals surface area contributed by atoms with E-state index in [0.717, 1.165) is 32.2 Å². The van der Waals surface area contributed by atoms with Gasteiger partial charge in [0, 0.05) is 37.6 Å². The second-order valence-electron chi connectivity index (χ2n) is 6.65. The first-order valence-corrected chi connectivity index (χ1v) is 9.09. The summed E-state index contributed by atoms with van der Waals surface area (Å²) in [6.07, 6.45) is 7.24. The molecule has 0 aromatic carbocycles. The van der Waals surface area contributed by atoms with Crippen molar-refractivity contribution in [3.8, 4) is 0 Å². The maximum Gasteiger partial charge on any atom is 0.274 e. The van der Waals surface area contributed by atoms with E-state index in [-0.39, 0.29) is 17.5 Å². The molecule has 136 valence electrons. The lowest BCUT2D eigenvalue weighted by molar-refractivity contribution is 0.0599. The summed E-state index contributed by atoms with van der Waals surface area (Å²) in [5, 5.41) is 7.24. The molecule has 0 spiro atoms. The van der Waals surface area contributed by atoms with Crippen LogP contribution in [0.15, 0.2) is 35.4 Å². The molecule has 1 fully saturated rings. The van der Waals surface area contributed by atoms with Crippen molar-refractivity contribution >= 4 is 11.6 Å². The van der Waals surface area contributed by atoms with E-state index in [1.54, 1.807) is 23.0 Å². The summed E-state index contributed by atoms with van der Waals surface area (Å²) in [5.41, 5.74) is 1.50. The summed E-state index contributed by atoms with van der Waals surface area (Å²) >= 11 is 0. The number of amides is 1. The molecule has 4 heterocycles. The van der Waals surface area contributed by atoms with Crippen LogP contribution in [0.3, 0.4) is 0 Å². The summed E-state index contributed by atoms with van der Waals surface area (Å²) in [6, 6.07) is 4.85. The van der Waals surface area contributed by atoms with E-state index in [0.29, 0.717) is 23.6 Å². The van der Waals surface area contributed by atoms with Gasteiger partial charge in [0.25, 0.3) is 11.5 Å². The molecule has 8 heteroatoms. The van der Waals surface area contributed by atoms with E-state index in [1.165, 1.54) is 10.6 Å². The molecule has 3 aromatic heterocycles. The first-order valence-electron chi connectivity index (χ1n) is 9.09. The number of aryl methyl sites for hydroxylation is 1. The zero-order valence-electron chi connectivity index (χ0n) is 14.8. The fourth-order valence-corrected chi connectivity index (χ4v) is 3.58. The molecule has 1 saturated heterocycles. The van der Waals surface area contributed by atoms with Crippen molar-refractivity contribution in [2.24, 2.45) is 0 Å². The maximum absolute atomic E-state index is 13.0. The molecule has 1 aliphatic heterocycles. The fourth-order valence-electron chi connectivity index (χ4n) is 3.58. The van der Waals surface area contributed by atoms with Gasteiger partial charge in [-0.2, -0.15) is 5.10 Å². The molecule has 1 atom stereocenters. The van der Waals surface area contributed by atoms with E-state index < -0.39 is 0 Å². The van der Waals surface area contributed by atoms with Crippen LogP contribution < -0.4 is 5.56 Å². The number of nitrogens with zero attached hydrogens (tertiary/aromatic N) is 5. The molecule has 26 heavy (non-hydrogen) atoms. The first-order chi connectivity index (χ1) is 12.7. The number of aromatic amines is 1. The SMILES string of the molecule is CCCn1ccc(C(=O)N2CCCCC2c2cc(=O)n3[nH]ccc3n2)n1. The van der Waals surface area contributed by atoms with Gasteiger partial charge < -0.3 is 4.90 Å². The Kier molecular flexibility index (Phi) is 4.32. The standard InChI is InChI=1S/C18H22N6O2/c1-2-9-22-11-7-13(21-22)18(26)23-10-4-3-5-15(23)14-12-17(25)24-16(20-14)6-8-19-24/h6-8,11-12,15,19H,2-5,9-10H2,1H3. The highest BCUT2D eigenvalue weighted by atomic mass is 16.2. The van der Waals surface area contributed by atoms with Crippen LogP contribution >= 0.6 is 0 Å². The van der Waals surface area contributed by atoms with E-state index in [9.17, 15) is 9.59 Å². The van der Waals surface area contributed by atoms with Crippen LogP contribution in [-0.4, -0.2) is 41.7 Å². The van der Waals surface area contributed by atoms with Crippen molar-refractivity contribution in [3.63, 3.8) is 0 Å². The van der Waals surface area contributed by atoms with Gasteiger partial charge >= 0.3 is 0 Å². The van der Waals surface area contributed by atoms with Gasteiger partial charge in [0.15, 0.2) is 5.65 Å². The minimum absolute atomic E-state index is 0.0966. The number of likely N-dealkylation sites (tertiary alicyclic amines) is 1. The van der Waals surface area contributed by atoms with Crippen LogP contribution in [0.4, 0.5) is 0 Å². The van der Waals surface area contributed by atoms with E-state index in [4.69, 9.17) is 0 Å². The number of carbonyl (C=O) groups is 1. The van der Waals surface area contributed by atoms with Crippen LogP contribution in [0, 0.1) is 0 Å². The number of H-pyrrole nitrogens is 1. The zero-order valence-corrected chi connectivity index (χ0v) is 14.8. The lowest BCUT2D eigenvalue weighted by Gasteiger charge is -2.34. The zero-order chi connectivity index (χ0) is 18.1. The largest absolute Gasteiger partial charge is 0.329 e. The minimum atomic E-state index is -0.194. The Bertz CT molecular complexity index is 985. The van der Waals surface area contributed by atoms with Crippen LogP contribution in [0.1, 0.15) is 54.8 Å². The monoisotopic (exact) mass is 354 g/mol. The van der Waals surface area contributed by atoms with Crippen LogP contribution in [0.2, 0.25) is 0 Å². The molecule has 0 radical (unpaired) electrons. The molecule has 3 aromatic rings. The Labute approximate surface area is 150 Å². The molecule has 1 amide bonds. The molecule has 0 bridgehead atoms. The number of aromatic nitrogens is 5. The number of carbonyl (C=O) groups excluding carboxylic acids is 1. The summed E-state index contributed by atoms with van der Waals surface area (Å²) in [6.45, 7) is 3.52. The normalized spacial score (nSPS) is 17.7. The van der Waals surface area contributed by atoms with Gasteiger partial charge in [-0.1, -0.05) is 6.92 Å². The van der Waals surface area contributed by atoms with E-state index in [2.05, 4.69) is 22.1 Å². The van der Waals surface area contributed by atoms with Crippen molar-refractivity contribution in [1.82, 2.24) is 29.3 Å². The highest BCUT2D eigenvalue weighted by Gasteiger charge is 2.31. The number of nitrogens with one attached hydrogen (secondary N) is 1. The van der Waals surface area contributed by atoms with Crippen molar-refractivity contribution in [2.45, 2.75) is 45.2 Å². The third-order valence-electron chi connectivity index (χ3n) is 4.82. The maximum atomic E-state index is 13.0. The Hall–Kier alpha value is -2.90. The quantitative estimate of drug-likeness (QED) is 0.776. The first kappa shape index (κ1) is 16.6. The van der Waals surface area contributed by atoms with Crippen LogP contribution in [-0.2, 0) is 6.54 Å². The highest BCUT2D eigenvalue weighted by molar-refractivity contribution is 5.92. The van der Waals surface area contributed by atoms with Gasteiger partial charge in [-0.25, -0.2) is 9.50 Å². The Morgan fingerprint density at radius 2 is 2.23 bits per heavy atom. The van der Waals surface area contributed by atoms with Crippen molar-refractivity contribution < 1.29 is 4.79 Å². The highest BCUT2D eigenvalue weighted by Crippen LogP contribution is 2.30. The average Bonchev–Trinajstić information content (AvgIpc) is 3.31. The third-order valence-corrected chi connectivity index (χ3v) is 4.82. The van der Waals surface area contributed by atoms with Gasteiger partial charge in [-0.15, -0.1) is 0 Å². The third kappa shape index (κ3) is 2.91. The molecular formula is C18H22N6O2. The van der Waals surface area contributed by atoms with Gasteiger partial charge in [-0.3, -0.25) is 19.4 Å². The molecule has 1 aliphatic rings. The molecule has 4 rings (SSSR count). The average molecular weight is 354 g/mol. The van der Waals surface area contributed by atoms with Crippen molar-refractivity contribution in [2.75, 3.05) is 6.54 Å². The lowest BCUT2D eigenvalue weighted by atomic mass is 9.98. The van der Waals surface area contributed by atoms with Crippen molar-refractivity contribution in [1.29, 1.82) is 0 Å². The summed E-state index contributed by atoms with van der Waals surface area (Å²) in [4.78, 5) is 31.7. The minimum Gasteiger partial charge on any atom is -0.329 e. The Morgan fingerprint density at radius 1 is 1.35 bits per heavy atom. The van der Waals surface area contributed by atoms with E-state index in [1.807, 2.05) is 11.1 Å². The molecule has 1 unspecified atom stereocenters. The molecular weight excluding hydrogens is 332 g/mol. The van der Waals surface area contributed by atoms with Crippen LogP contribution in [0.25, 0.3) is 5.65 Å². The van der Waals surface area contributed by atoms with Gasteiger partial charge in [0.1, 0.15) is 5.69 Å². The number of fused-ring (bicyclic) bond motifs is 1. The number of hydrogen-bond acceptors (Lipinski definition) is 4. The summed E-state index contributed by atoms with van der Waals surface area (Å²) in [7, 11) is 0. The molecule has 8 nitrogen and oxygen atoms in total. The fraction of sp³-hybridized carbons (Fsp3) is 0.444. The Balaban J connectivity index is 1.66. The summed E-state index contributed by atoms with van der Waals surface area (Å²) < 4.78 is 3.19. The smallest absolute Gasteiger partial charge is 0.274 e. The molecule has 0 aliphatic carbocycles. The second-order valence-corrected chi connectivity index (χ2v) is 6.65. The Morgan fingerprint density at radius 3 is 3.08 bits per heavy atom. The molecule has 1 N–H and O–H groups in total. The predicted molar refractivity (Wildman–Crippen MR) is 96.0 cm³/mol. The number of piperidine rings is 1.